The van der Waals surface area contributed by atoms with E-state index in [4.69, 9.17) is 11.6 Å². The maximum Gasteiger partial charge on any atom is 0.251 e. The van der Waals surface area contributed by atoms with Crippen molar-refractivity contribution in [1.82, 2.24) is 9.80 Å². The fourth-order valence-electron chi connectivity index (χ4n) is 7.01. The maximum atomic E-state index is 14.7. The number of likely N-dealkylation sites (tertiary alicyclic amines) is 1. The van der Waals surface area contributed by atoms with Gasteiger partial charge in [0.1, 0.15) is 6.04 Å². The summed E-state index contributed by atoms with van der Waals surface area (Å²) in [5.74, 6) is -1.34. The molecule has 1 aromatic rings. The summed E-state index contributed by atoms with van der Waals surface area (Å²) in [5, 5.41) is 11.1. The molecule has 0 saturated carbocycles. The van der Waals surface area contributed by atoms with Crippen LogP contribution in [0.2, 0.25) is 5.02 Å². The van der Waals surface area contributed by atoms with Gasteiger partial charge in [0.25, 0.3) is 5.91 Å². The highest BCUT2D eigenvalue weighted by Gasteiger charge is 2.74. The molecule has 1 N–H and O–H groups in total. The van der Waals surface area contributed by atoms with Gasteiger partial charge in [-0.1, -0.05) is 44.5 Å². The number of aliphatic hydroxyl groups excluding tert-OH is 1. The SMILES string of the molecule is C=CCN(CCC)C(=O)[C@@H]1[C@@H]2CCC3(S2)C(C(=O)N(CC=C)c2ccc(Cl)cc2)N([C@@H](CO)CC(C)C)C(=O)[C@H]13. The lowest BCUT2D eigenvalue weighted by molar-refractivity contribution is -0.145. The van der Waals surface area contributed by atoms with E-state index in [1.165, 1.54) is 0 Å². The Morgan fingerprint density at radius 1 is 1.20 bits per heavy atom. The van der Waals surface area contributed by atoms with Crippen LogP contribution in [0.4, 0.5) is 5.69 Å². The van der Waals surface area contributed by atoms with Gasteiger partial charge in [0.2, 0.25) is 11.8 Å². The molecule has 1 aromatic carbocycles. The molecule has 3 fully saturated rings. The molecule has 3 heterocycles. The third kappa shape index (κ3) is 5.35. The van der Waals surface area contributed by atoms with Crippen LogP contribution < -0.4 is 4.90 Å². The molecule has 3 saturated heterocycles. The molecule has 40 heavy (non-hydrogen) atoms. The van der Waals surface area contributed by atoms with Crippen LogP contribution in [-0.4, -0.2) is 80.9 Å². The van der Waals surface area contributed by atoms with Crippen molar-refractivity contribution in [2.75, 3.05) is 31.1 Å². The number of rotatable bonds is 13. The number of halogens is 1. The molecule has 3 aliphatic rings. The van der Waals surface area contributed by atoms with Gasteiger partial charge in [0, 0.05) is 35.6 Å². The number of thioether (sulfide) groups is 1. The first-order chi connectivity index (χ1) is 19.1. The Kier molecular flexibility index (Phi) is 9.74. The first-order valence-electron chi connectivity index (χ1n) is 14.3. The molecule has 2 unspecified atom stereocenters. The minimum Gasteiger partial charge on any atom is -0.394 e. The van der Waals surface area contributed by atoms with Crippen molar-refractivity contribution < 1.29 is 19.5 Å². The average Bonchev–Trinajstić information content (AvgIpc) is 3.57. The number of benzene rings is 1. The zero-order valence-corrected chi connectivity index (χ0v) is 25.4. The van der Waals surface area contributed by atoms with E-state index in [9.17, 15) is 19.5 Å². The zero-order valence-electron chi connectivity index (χ0n) is 23.8. The number of carbonyl (C=O) groups is 3. The van der Waals surface area contributed by atoms with Crippen molar-refractivity contribution in [3.05, 3.63) is 54.6 Å². The van der Waals surface area contributed by atoms with Crippen molar-refractivity contribution in [1.29, 1.82) is 0 Å². The molecular formula is C31H42ClN3O4S. The van der Waals surface area contributed by atoms with Crippen LogP contribution >= 0.6 is 23.4 Å². The highest BCUT2D eigenvalue weighted by molar-refractivity contribution is 8.02. The molecule has 1 spiro atoms. The summed E-state index contributed by atoms with van der Waals surface area (Å²) in [4.78, 5) is 48.3. The summed E-state index contributed by atoms with van der Waals surface area (Å²) in [6.07, 6.45) is 6.20. The second-order valence-corrected chi connectivity index (χ2v) is 13.6. The largest absolute Gasteiger partial charge is 0.394 e. The Labute approximate surface area is 247 Å². The zero-order chi connectivity index (χ0) is 29.2. The molecule has 4 rings (SSSR count). The van der Waals surface area contributed by atoms with Crippen molar-refractivity contribution in [2.24, 2.45) is 17.8 Å². The molecule has 218 valence electrons. The first kappa shape index (κ1) is 30.7. The number of hydrogen-bond donors (Lipinski definition) is 1. The van der Waals surface area contributed by atoms with Crippen LogP contribution in [0.1, 0.15) is 46.5 Å². The van der Waals surface area contributed by atoms with Crippen LogP contribution in [0.15, 0.2) is 49.6 Å². The Bertz CT molecular complexity index is 1130. The predicted octanol–water partition coefficient (Wildman–Crippen LogP) is 4.78. The van der Waals surface area contributed by atoms with Gasteiger partial charge < -0.3 is 19.8 Å². The average molecular weight is 588 g/mol. The minimum atomic E-state index is -0.802. The molecule has 2 bridgehead atoms. The summed E-state index contributed by atoms with van der Waals surface area (Å²) < 4.78 is -0.735. The predicted molar refractivity (Wildman–Crippen MR) is 162 cm³/mol. The smallest absolute Gasteiger partial charge is 0.251 e. The van der Waals surface area contributed by atoms with Crippen LogP contribution in [0.3, 0.4) is 0 Å². The molecule has 0 radical (unpaired) electrons. The van der Waals surface area contributed by atoms with E-state index in [1.54, 1.807) is 62.9 Å². The van der Waals surface area contributed by atoms with Gasteiger partial charge in [0.15, 0.2) is 0 Å². The van der Waals surface area contributed by atoms with Crippen molar-refractivity contribution in [3.8, 4) is 0 Å². The molecule has 9 heteroatoms. The third-order valence-corrected chi connectivity index (χ3v) is 10.7. The number of nitrogens with zero attached hydrogens (tertiary/aromatic N) is 3. The second-order valence-electron chi connectivity index (χ2n) is 11.6. The first-order valence-corrected chi connectivity index (χ1v) is 15.6. The number of hydrogen-bond acceptors (Lipinski definition) is 5. The van der Waals surface area contributed by atoms with Crippen molar-refractivity contribution >= 4 is 46.8 Å². The molecule has 3 aliphatic heterocycles. The van der Waals surface area contributed by atoms with Gasteiger partial charge in [-0.2, -0.15) is 0 Å². The van der Waals surface area contributed by atoms with Crippen molar-refractivity contribution in [3.63, 3.8) is 0 Å². The number of anilines is 1. The molecule has 0 aromatic heterocycles. The highest BCUT2D eigenvalue weighted by atomic mass is 35.5. The van der Waals surface area contributed by atoms with E-state index >= 15 is 0 Å². The Hall–Kier alpha value is -2.29. The molecule has 6 atom stereocenters. The fraction of sp³-hybridized carbons (Fsp3) is 0.581. The van der Waals surface area contributed by atoms with Crippen LogP contribution in [-0.2, 0) is 14.4 Å². The summed E-state index contributed by atoms with van der Waals surface area (Å²) in [6, 6.07) is 5.74. The standard InChI is InChI=1S/C31H42ClN3O4S/c1-6-15-33(16-7-2)28(37)25-24-13-14-31(40-24)26(25)29(38)35(23(19-36)18-20(4)5)27(31)30(39)34(17-8-3)22-11-9-21(32)10-12-22/h6,8-12,20,23-27,36H,1,3,7,13-19H2,2,4-5H3/t23-,24+,25-,26+,27?,31?/m1/s1. The molecule has 0 aliphatic carbocycles. The van der Waals surface area contributed by atoms with E-state index < -0.39 is 28.7 Å². The Balaban J connectivity index is 1.81. The molecule has 3 amide bonds. The van der Waals surface area contributed by atoms with E-state index in [2.05, 4.69) is 13.2 Å². The van der Waals surface area contributed by atoms with E-state index in [1.807, 2.05) is 20.8 Å². The molecular weight excluding hydrogens is 546 g/mol. The van der Waals surface area contributed by atoms with Crippen molar-refractivity contribution in [2.45, 2.75) is 68.5 Å². The van der Waals surface area contributed by atoms with Gasteiger partial charge in [0.05, 0.1) is 29.2 Å². The second kappa shape index (κ2) is 12.7. The summed E-state index contributed by atoms with van der Waals surface area (Å²) in [5.41, 5.74) is 0.663. The summed E-state index contributed by atoms with van der Waals surface area (Å²) in [6.45, 7) is 14.9. The maximum absolute atomic E-state index is 14.7. The quantitative estimate of drug-likeness (QED) is 0.336. The number of fused-ring (bicyclic) bond motifs is 1. The minimum absolute atomic E-state index is 0.0240. The summed E-state index contributed by atoms with van der Waals surface area (Å²) >= 11 is 7.79. The van der Waals surface area contributed by atoms with Crippen LogP contribution in [0.25, 0.3) is 0 Å². The van der Waals surface area contributed by atoms with Gasteiger partial charge in [-0.15, -0.1) is 24.9 Å². The summed E-state index contributed by atoms with van der Waals surface area (Å²) in [7, 11) is 0. The van der Waals surface area contributed by atoms with Gasteiger partial charge >= 0.3 is 0 Å². The molecule has 7 nitrogen and oxygen atoms in total. The monoisotopic (exact) mass is 587 g/mol. The number of aliphatic hydroxyl groups is 1. The normalized spacial score (nSPS) is 27.6. The van der Waals surface area contributed by atoms with Crippen LogP contribution in [0, 0.1) is 17.8 Å². The lowest BCUT2D eigenvalue weighted by Gasteiger charge is -2.40. The van der Waals surface area contributed by atoms with E-state index in [0.717, 1.165) is 12.8 Å². The highest BCUT2D eigenvalue weighted by Crippen LogP contribution is 2.67. The topological polar surface area (TPSA) is 81.2 Å². The third-order valence-electron chi connectivity index (χ3n) is 8.48. The number of carbonyl (C=O) groups excluding carboxylic acids is 3. The van der Waals surface area contributed by atoms with Gasteiger partial charge in [-0.3, -0.25) is 14.4 Å². The lowest BCUT2D eigenvalue weighted by atomic mass is 9.70. The van der Waals surface area contributed by atoms with Crippen LogP contribution in [0.5, 0.6) is 0 Å². The van der Waals surface area contributed by atoms with E-state index in [0.29, 0.717) is 36.6 Å². The van der Waals surface area contributed by atoms with E-state index in [-0.39, 0.29) is 42.0 Å². The Morgan fingerprint density at radius 2 is 1.88 bits per heavy atom. The Morgan fingerprint density at radius 3 is 2.45 bits per heavy atom. The van der Waals surface area contributed by atoms with Gasteiger partial charge in [-0.25, -0.2) is 0 Å². The fourth-order valence-corrected chi connectivity index (χ4v) is 9.33. The van der Waals surface area contributed by atoms with Gasteiger partial charge in [-0.05, 0) is 55.9 Å². The number of amides is 3. The lowest BCUT2D eigenvalue weighted by Crippen LogP contribution is -2.58.